The van der Waals surface area contributed by atoms with Gasteiger partial charge in [0.2, 0.25) is 11.5 Å². The molecule has 0 bridgehead atoms. The van der Waals surface area contributed by atoms with Crippen LogP contribution in [0.2, 0.25) is 0 Å². The third-order valence-corrected chi connectivity index (χ3v) is 4.89. The van der Waals surface area contributed by atoms with E-state index in [2.05, 4.69) is 42.4 Å². The number of carbonyl (C=O) groups excluding carboxylic acids is 1. The van der Waals surface area contributed by atoms with Crippen molar-refractivity contribution in [2.75, 3.05) is 28.4 Å². The Morgan fingerprint density at radius 3 is 2.20 bits per heavy atom. The molecule has 160 valence electrons. The van der Waals surface area contributed by atoms with Crippen molar-refractivity contribution in [3.63, 3.8) is 0 Å². The fourth-order valence-corrected chi connectivity index (χ4v) is 4.03. The zero-order chi connectivity index (χ0) is 22.4. The number of hydrogen-bond donors (Lipinski definition) is 1. The molecule has 0 atom stereocenters. The van der Waals surface area contributed by atoms with E-state index in [9.17, 15) is 14.9 Å². The first-order valence-electron chi connectivity index (χ1n) is 8.12. The van der Waals surface area contributed by atoms with Gasteiger partial charge in [0.05, 0.1) is 44.0 Å². The topological polar surface area (TPSA) is 122 Å². The molecule has 0 aliphatic heterocycles. The molecule has 0 fully saturated rings. The third kappa shape index (κ3) is 4.82. The van der Waals surface area contributed by atoms with Crippen LogP contribution in [0.1, 0.15) is 15.9 Å². The first kappa shape index (κ1) is 23.4. The molecule has 0 heterocycles. The quantitative estimate of drug-likeness (QED) is 0.302. The van der Waals surface area contributed by atoms with Crippen LogP contribution in [0.25, 0.3) is 0 Å². The molecule has 2 aromatic carbocycles. The maximum atomic E-state index is 12.7. The molecular formula is C18H17Br2N3O7. The van der Waals surface area contributed by atoms with Crippen LogP contribution in [-0.4, -0.2) is 45.5 Å². The second-order valence-electron chi connectivity index (χ2n) is 5.51. The molecule has 1 amide bonds. The molecule has 1 N–H and O–H groups in total. The maximum Gasteiger partial charge on any atom is 0.327 e. The van der Waals surface area contributed by atoms with Crippen molar-refractivity contribution in [3.05, 3.63) is 48.4 Å². The van der Waals surface area contributed by atoms with Gasteiger partial charge in [0, 0.05) is 16.1 Å². The highest BCUT2D eigenvalue weighted by atomic mass is 79.9. The van der Waals surface area contributed by atoms with Crippen LogP contribution < -0.4 is 24.4 Å². The summed E-state index contributed by atoms with van der Waals surface area (Å²) in [6.07, 6.45) is 1.34. The number of halogens is 2. The normalized spacial score (nSPS) is 10.6. The average Bonchev–Trinajstić information content (AvgIpc) is 2.71. The van der Waals surface area contributed by atoms with Gasteiger partial charge in [0.25, 0.3) is 5.91 Å². The highest BCUT2D eigenvalue weighted by Crippen LogP contribution is 2.46. The fraction of sp³-hybridized carbons (Fsp3) is 0.222. The number of ether oxygens (including phenoxy) is 4. The summed E-state index contributed by atoms with van der Waals surface area (Å²) in [6.45, 7) is 0. The Kier molecular flexibility index (Phi) is 8.00. The smallest absolute Gasteiger partial charge is 0.327 e. The lowest BCUT2D eigenvalue weighted by Crippen LogP contribution is -2.20. The van der Waals surface area contributed by atoms with Gasteiger partial charge in [-0.05, 0) is 28.1 Å². The Bertz CT molecular complexity index is 1010. The number of methoxy groups -OCH3 is 4. The van der Waals surface area contributed by atoms with Gasteiger partial charge in [-0.3, -0.25) is 14.9 Å². The van der Waals surface area contributed by atoms with E-state index in [4.69, 9.17) is 18.9 Å². The fourth-order valence-electron chi connectivity index (χ4n) is 2.61. The van der Waals surface area contributed by atoms with Crippen LogP contribution in [0, 0.1) is 10.1 Å². The number of nitro groups is 1. The minimum atomic E-state index is -0.842. The minimum absolute atomic E-state index is 0.00419. The average molecular weight is 547 g/mol. The molecule has 30 heavy (non-hydrogen) atoms. The number of hydrazone groups is 1. The summed E-state index contributed by atoms with van der Waals surface area (Å²) < 4.78 is 22.1. The van der Waals surface area contributed by atoms with Gasteiger partial charge in [0.15, 0.2) is 5.75 Å². The summed E-state index contributed by atoms with van der Waals surface area (Å²) in [7, 11) is 5.35. The monoisotopic (exact) mass is 545 g/mol. The summed E-state index contributed by atoms with van der Waals surface area (Å²) in [4.78, 5) is 23.5. The number of nitrogens with one attached hydrogen (secondary N) is 1. The van der Waals surface area contributed by atoms with E-state index in [1.165, 1.54) is 40.7 Å². The molecular weight excluding hydrogens is 530 g/mol. The Balaban J connectivity index is 2.45. The van der Waals surface area contributed by atoms with Gasteiger partial charge in [-0.25, -0.2) is 5.43 Å². The molecule has 0 aromatic heterocycles. The molecule has 0 unspecified atom stereocenters. The van der Waals surface area contributed by atoms with Crippen molar-refractivity contribution >= 4 is 49.7 Å². The van der Waals surface area contributed by atoms with Gasteiger partial charge in [-0.1, -0.05) is 15.9 Å². The molecule has 0 saturated carbocycles. The highest BCUT2D eigenvalue weighted by molar-refractivity contribution is 9.11. The van der Waals surface area contributed by atoms with Gasteiger partial charge in [-0.2, -0.15) is 5.10 Å². The van der Waals surface area contributed by atoms with Crippen LogP contribution in [0.5, 0.6) is 23.0 Å². The predicted molar refractivity (Wildman–Crippen MR) is 116 cm³/mol. The van der Waals surface area contributed by atoms with E-state index in [1.807, 2.05) is 0 Å². The summed E-state index contributed by atoms with van der Waals surface area (Å²) in [6, 6.07) is 4.69. The SMILES string of the molecule is COc1cc(C(=O)N/N=C\c2cc(Br)cc(Br)c2OC)c([N+](=O)[O-])c(OC)c1OC. The number of amides is 1. The van der Waals surface area contributed by atoms with Gasteiger partial charge in [-0.15, -0.1) is 0 Å². The van der Waals surface area contributed by atoms with Crippen LogP contribution in [0.4, 0.5) is 5.69 Å². The molecule has 0 aliphatic carbocycles. The lowest BCUT2D eigenvalue weighted by molar-refractivity contribution is -0.386. The molecule has 0 spiro atoms. The Labute approximate surface area is 188 Å². The zero-order valence-electron chi connectivity index (χ0n) is 16.3. The largest absolute Gasteiger partial charge is 0.495 e. The summed E-state index contributed by atoms with van der Waals surface area (Å²) >= 11 is 6.72. The van der Waals surface area contributed by atoms with Crippen molar-refractivity contribution < 1.29 is 28.7 Å². The third-order valence-electron chi connectivity index (χ3n) is 3.84. The van der Waals surface area contributed by atoms with E-state index >= 15 is 0 Å². The van der Waals surface area contributed by atoms with Crippen molar-refractivity contribution in [1.29, 1.82) is 0 Å². The van der Waals surface area contributed by atoms with Gasteiger partial charge >= 0.3 is 5.69 Å². The Morgan fingerprint density at radius 1 is 1.03 bits per heavy atom. The predicted octanol–water partition coefficient (Wildman–Crippen LogP) is 3.92. The number of rotatable bonds is 8. The lowest BCUT2D eigenvalue weighted by Gasteiger charge is -2.14. The van der Waals surface area contributed by atoms with E-state index in [0.717, 1.165) is 4.47 Å². The molecule has 10 nitrogen and oxygen atoms in total. The first-order valence-corrected chi connectivity index (χ1v) is 9.71. The molecule has 0 radical (unpaired) electrons. The van der Waals surface area contributed by atoms with Crippen LogP contribution in [-0.2, 0) is 0 Å². The van der Waals surface area contributed by atoms with Crippen molar-refractivity contribution in [2.24, 2.45) is 5.10 Å². The number of nitro benzene ring substituents is 1. The summed E-state index contributed by atoms with van der Waals surface area (Å²) in [5.41, 5.74) is 1.93. The molecule has 0 aliphatic rings. The number of benzene rings is 2. The zero-order valence-corrected chi connectivity index (χ0v) is 19.5. The number of hydrogen-bond acceptors (Lipinski definition) is 8. The van der Waals surface area contributed by atoms with Gasteiger partial charge in [0.1, 0.15) is 11.3 Å². The van der Waals surface area contributed by atoms with Crippen LogP contribution >= 0.6 is 31.9 Å². The maximum absolute atomic E-state index is 12.7. The molecule has 2 aromatic rings. The summed E-state index contributed by atoms with van der Waals surface area (Å²) in [5.74, 6) is -0.504. The number of nitrogens with zero attached hydrogens (tertiary/aromatic N) is 2. The standard InChI is InChI=1S/C18H17Br2N3O7/c1-27-13-7-11(14(23(25)26)17(30-4)16(13)29-3)18(24)22-21-8-9-5-10(19)6-12(20)15(9)28-2/h5-8H,1-4H3,(H,22,24)/b21-8-. The van der Waals surface area contributed by atoms with E-state index in [-0.39, 0.29) is 22.8 Å². The lowest BCUT2D eigenvalue weighted by atomic mass is 10.1. The molecule has 2 rings (SSSR count). The van der Waals surface area contributed by atoms with Crippen molar-refractivity contribution in [3.8, 4) is 23.0 Å². The van der Waals surface area contributed by atoms with Crippen molar-refractivity contribution in [1.82, 2.24) is 5.43 Å². The number of carbonyl (C=O) groups is 1. The van der Waals surface area contributed by atoms with Crippen molar-refractivity contribution in [2.45, 2.75) is 0 Å². The first-order chi connectivity index (χ1) is 14.3. The second kappa shape index (κ2) is 10.3. The second-order valence-corrected chi connectivity index (χ2v) is 7.28. The summed E-state index contributed by atoms with van der Waals surface area (Å²) in [5, 5.41) is 15.5. The molecule has 0 saturated heterocycles. The van der Waals surface area contributed by atoms with Crippen LogP contribution in [0.3, 0.4) is 0 Å². The minimum Gasteiger partial charge on any atom is -0.495 e. The Hall–Kier alpha value is -2.86. The molecule has 12 heteroatoms. The van der Waals surface area contributed by atoms with Crippen LogP contribution in [0.15, 0.2) is 32.2 Å². The van der Waals surface area contributed by atoms with E-state index < -0.39 is 16.5 Å². The van der Waals surface area contributed by atoms with E-state index in [1.54, 1.807) is 12.1 Å². The van der Waals surface area contributed by atoms with Gasteiger partial charge < -0.3 is 18.9 Å². The Morgan fingerprint density at radius 2 is 1.67 bits per heavy atom. The highest BCUT2D eigenvalue weighted by Gasteiger charge is 2.32. The van der Waals surface area contributed by atoms with E-state index in [0.29, 0.717) is 15.8 Å².